The lowest BCUT2D eigenvalue weighted by atomic mass is 9.95. The number of ketones is 1. The number of carbonyl (C=O) groups is 2. The summed E-state index contributed by atoms with van der Waals surface area (Å²) in [5.74, 6) is 0.455. The van der Waals surface area contributed by atoms with Crippen LogP contribution in [-0.4, -0.2) is 31.3 Å². The number of aromatic amines is 2. The van der Waals surface area contributed by atoms with Crippen molar-refractivity contribution in [3.63, 3.8) is 0 Å². The highest BCUT2D eigenvalue weighted by molar-refractivity contribution is 7.06. The van der Waals surface area contributed by atoms with Crippen molar-refractivity contribution in [3.05, 3.63) is 70.9 Å². The van der Waals surface area contributed by atoms with Gasteiger partial charge in [-0.1, -0.05) is 20.8 Å². The number of hydrogen-bond acceptors (Lipinski definition) is 5. The Labute approximate surface area is 199 Å². The predicted molar refractivity (Wildman–Crippen MR) is 135 cm³/mol. The molecule has 9 heteroatoms. The van der Waals surface area contributed by atoms with Crippen molar-refractivity contribution in [2.75, 3.05) is 10.6 Å². The number of nitrogens with one attached hydrogen (secondary N) is 4. The van der Waals surface area contributed by atoms with Gasteiger partial charge in [0.2, 0.25) is 5.78 Å². The largest absolute Gasteiger partial charge is 0.508 e. The molecule has 0 fully saturated rings. The first kappa shape index (κ1) is 21.7. The number of urea groups is 1. The molecule has 2 amide bonds. The van der Waals surface area contributed by atoms with E-state index in [4.69, 9.17) is 0 Å². The number of hydrogen-bond donors (Lipinski definition) is 5. The molecule has 5 rings (SSSR count). The van der Waals surface area contributed by atoms with Gasteiger partial charge in [-0.15, -0.1) is 0 Å². The van der Waals surface area contributed by atoms with Crippen LogP contribution in [-0.2, 0) is 5.41 Å². The minimum Gasteiger partial charge on any atom is -0.508 e. The van der Waals surface area contributed by atoms with Crippen molar-refractivity contribution in [2.24, 2.45) is 0 Å². The van der Waals surface area contributed by atoms with E-state index >= 15 is 0 Å². The number of fused-ring (bicyclic) bond motifs is 2. The SMILES string of the molecule is CC(C)(C)c1cc(NC(=O)Nc2ccc3[nH]c(C(=O)c4cc5cc(O)ccc5[nH]4)cc3c2)ns1. The van der Waals surface area contributed by atoms with E-state index in [0.29, 0.717) is 22.9 Å². The fourth-order valence-electron chi connectivity index (χ4n) is 3.69. The number of anilines is 2. The summed E-state index contributed by atoms with van der Waals surface area (Å²) in [5, 5.41) is 16.8. The number of nitrogens with zero attached hydrogens (tertiary/aromatic N) is 1. The van der Waals surface area contributed by atoms with Gasteiger partial charge in [-0.2, -0.15) is 4.37 Å². The molecule has 0 saturated carbocycles. The highest BCUT2D eigenvalue weighted by Crippen LogP contribution is 2.29. The lowest BCUT2D eigenvalue weighted by molar-refractivity contribution is 0.103. The van der Waals surface area contributed by atoms with Gasteiger partial charge in [0.05, 0.1) is 11.4 Å². The fraction of sp³-hybridized carbons (Fsp3) is 0.160. The summed E-state index contributed by atoms with van der Waals surface area (Å²) >= 11 is 1.37. The molecule has 0 saturated heterocycles. The first-order valence-corrected chi connectivity index (χ1v) is 11.5. The Morgan fingerprint density at radius 3 is 2.18 bits per heavy atom. The zero-order chi connectivity index (χ0) is 24.0. The maximum atomic E-state index is 13.0. The van der Waals surface area contributed by atoms with Crippen LogP contribution < -0.4 is 10.6 Å². The maximum absolute atomic E-state index is 13.0. The Bertz CT molecular complexity index is 1550. The summed E-state index contributed by atoms with van der Waals surface area (Å²) in [6, 6.07) is 15.2. The quantitative estimate of drug-likeness (QED) is 0.206. The second kappa shape index (κ2) is 8.03. The number of phenolic OH excluding ortho intramolecular Hbond substituents is 1. The van der Waals surface area contributed by atoms with Crippen LogP contribution in [0.15, 0.2) is 54.6 Å². The summed E-state index contributed by atoms with van der Waals surface area (Å²) in [4.78, 5) is 32.7. The predicted octanol–water partition coefficient (Wildman–Crippen LogP) is 5.98. The number of H-pyrrole nitrogens is 2. The molecular formula is C25H23N5O3S. The van der Waals surface area contributed by atoms with Gasteiger partial charge in [0, 0.05) is 32.4 Å². The Balaban J connectivity index is 1.32. The summed E-state index contributed by atoms with van der Waals surface area (Å²) in [6.07, 6.45) is 0. The van der Waals surface area contributed by atoms with Gasteiger partial charge in [-0.05, 0) is 71.5 Å². The molecule has 0 radical (unpaired) electrons. The highest BCUT2D eigenvalue weighted by Gasteiger charge is 2.18. The molecule has 172 valence electrons. The summed E-state index contributed by atoms with van der Waals surface area (Å²) < 4.78 is 4.30. The van der Waals surface area contributed by atoms with Gasteiger partial charge < -0.3 is 20.4 Å². The smallest absolute Gasteiger partial charge is 0.324 e. The van der Waals surface area contributed by atoms with Crippen LogP contribution in [0.2, 0.25) is 0 Å². The van der Waals surface area contributed by atoms with Crippen molar-refractivity contribution < 1.29 is 14.7 Å². The summed E-state index contributed by atoms with van der Waals surface area (Å²) in [6.45, 7) is 6.29. The monoisotopic (exact) mass is 473 g/mol. The van der Waals surface area contributed by atoms with Crippen LogP contribution in [0.1, 0.15) is 41.8 Å². The molecule has 2 aromatic carbocycles. The number of benzene rings is 2. The molecule has 0 unspecified atom stereocenters. The van der Waals surface area contributed by atoms with E-state index in [1.54, 1.807) is 42.5 Å². The fourth-order valence-corrected chi connectivity index (χ4v) is 4.42. The number of aromatic nitrogens is 3. The minimum atomic E-state index is -0.390. The lowest BCUT2D eigenvalue weighted by Crippen LogP contribution is -2.19. The summed E-state index contributed by atoms with van der Waals surface area (Å²) in [5.41, 5.74) is 2.95. The maximum Gasteiger partial charge on any atom is 0.324 e. The van der Waals surface area contributed by atoms with Gasteiger partial charge in [-0.25, -0.2) is 4.79 Å². The van der Waals surface area contributed by atoms with E-state index in [9.17, 15) is 14.7 Å². The Morgan fingerprint density at radius 2 is 1.53 bits per heavy atom. The average Bonchev–Trinajstić information content (AvgIpc) is 3.49. The van der Waals surface area contributed by atoms with Gasteiger partial charge in [0.15, 0.2) is 0 Å². The summed E-state index contributed by atoms with van der Waals surface area (Å²) in [7, 11) is 0. The van der Waals surface area contributed by atoms with Gasteiger partial charge in [0.1, 0.15) is 11.6 Å². The van der Waals surface area contributed by atoms with Crippen molar-refractivity contribution >= 4 is 56.7 Å². The van der Waals surface area contributed by atoms with Crippen molar-refractivity contribution in [3.8, 4) is 5.75 Å². The van der Waals surface area contributed by atoms with Crippen LogP contribution >= 0.6 is 11.5 Å². The van der Waals surface area contributed by atoms with E-state index in [2.05, 4.69) is 45.7 Å². The third-order valence-electron chi connectivity index (χ3n) is 5.46. The first-order chi connectivity index (χ1) is 16.2. The van der Waals surface area contributed by atoms with Crippen LogP contribution in [0, 0.1) is 0 Å². The van der Waals surface area contributed by atoms with Gasteiger partial charge in [-0.3, -0.25) is 10.1 Å². The van der Waals surface area contributed by atoms with Crippen molar-refractivity contribution in [1.82, 2.24) is 14.3 Å². The third kappa shape index (κ3) is 4.25. The molecule has 8 nitrogen and oxygen atoms in total. The molecule has 0 aliphatic rings. The molecule has 0 bridgehead atoms. The molecule has 0 atom stereocenters. The second-order valence-electron chi connectivity index (χ2n) is 9.17. The standard InChI is InChI=1S/C25H23N5O3S/c1-25(2,3)21-12-22(30-34-21)29-24(33)26-15-4-6-17-13(8-15)10-19(27-17)23(32)20-11-14-9-16(31)5-7-18(14)28-20/h4-12,27-28,31H,1-3H3,(H2,26,29,30,33). The molecule has 3 heterocycles. The molecule has 5 aromatic rings. The number of rotatable bonds is 4. The molecule has 3 aromatic heterocycles. The molecule has 34 heavy (non-hydrogen) atoms. The molecule has 0 aliphatic carbocycles. The Kier molecular flexibility index (Phi) is 5.13. The molecule has 0 aliphatic heterocycles. The van der Waals surface area contributed by atoms with Crippen molar-refractivity contribution in [1.29, 1.82) is 0 Å². The number of amides is 2. The zero-order valence-corrected chi connectivity index (χ0v) is 19.6. The number of aromatic hydroxyl groups is 1. The average molecular weight is 474 g/mol. The van der Waals surface area contributed by atoms with Crippen LogP contribution in [0.5, 0.6) is 5.75 Å². The van der Waals surface area contributed by atoms with Crippen LogP contribution in [0.4, 0.5) is 16.3 Å². The van der Waals surface area contributed by atoms with E-state index in [1.165, 1.54) is 11.5 Å². The third-order valence-corrected chi connectivity index (χ3v) is 6.68. The van der Waals surface area contributed by atoms with E-state index in [0.717, 1.165) is 26.7 Å². The second-order valence-corrected chi connectivity index (χ2v) is 9.98. The number of carbonyl (C=O) groups excluding carboxylic acids is 2. The van der Waals surface area contributed by atoms with Gasteiger partial charge >= 0.3 is 6.03 Å². The molecule has 5 N–H and O–H groups in total. The van der Waals surface area contributed by atoms with E-state index in [-0.39, 0.29) is 16.9 Å². The molecular weight excluding hydrogens is 450 g/mol. The highest BCUT2D eigenvalue weighted by atomic mass is 32.1. The zero-order valence-electron chi connectivity index (χ0n) is 18.8. The van der Waals surface area contributed by atoms with Crippen LogP contribution in [0.25, 0.3) is 21.8 Å². The normalized spacial score (nSPS) is 11.7. The number of phenols is 1. The topological polar surface area (TPSA) is 123 Å². The Hall–Kier alpha value is -4.11. The Morgan fingerprint density at radius 1 is 0.882 bits per heavy atom. The van der Waals surface area contributed by atoms with Crippen LogP contribution in [0.3, 0.4) is 0 Å². The van der Waals surface area contributed by atoms with Gasteiger partial charge in [0.25, 0.3) is 0 Å². The van der Waals surface area contributed by atoms with Crippen molar-refractivity contribution in [2.45, 2.75) is 26.2 Å². The van der Waals surface area contributed by atoms with E-state index in [1.807, 2.05) is 12.1 Å². The van der Waals surface area contributed by atoms with E-state index < -0.39 is 6.03 Å². The minimum absolute atomic E-state index is 0.0306. The first-order valence-electron chi connectivity index (χ1n) is 10.7. The lowest BCUT2D eigenvalue weighted by Gasteiger charge is -2.14. The molecule has 0 spiro atoms.